The third-order valence-corrected chi connectivity index (χ3v) is 4.54. The molecule has 1 aliphatic rings. The average molecular weight is 290 g/mol. The normalized spacial score (nSPS) is 25.9. The van der Waals surface area contributed by atoms with Gasteiger partial charge in [-0.05, 0) is 43.1 Å². The first-order chi connectivity index (χ1) is 10.1. The smallest absolute Gasteiger partial charge is 0.129 e. The molecule has 0 amide bonds. The zero-order chi connectivity index (χ0) is 15.2. The van der Waals surface area contributed by atoms with Gasteiger partial charge in [-0.25, -0.2) is 4.98 Å². The van der Waals surface area contributed by atoms with E-state index in [4.69, 9.17) is 4.74 Å². The molecule has 1 heterocycles. The lowest BCUT2D eigenvalue weighted by Gasteiger charge is -2.37. The third kappa shape index (κ3) is 4.62. The second kappa shape index (κ2) is 7.67. The minimum Gasteiger partial charge on any atom is -0.490 e. The van der Waals surface area contributed by atoms with E-state index in [0.717, 1.165) is 30.5 Å². The van der Waals surface area contributed by atoms with Gasteiger partial charge in [0, 0.05) is 18.8 Å². The highest BCUT2D eigenvalue weighted by atomic mass is 16.5. The summed E-state index contributed by atoms with van der Waals surface area (Å²) in [6.45, 7) is 10.1. The molecule has 21 heavy (non-hydrogen) atoms. The molecule has 1 saturated carbocycles. The molecule has 1 fully saturated rings. The van der Waals surface area contributed by atoms with Crippen LogP contribution in [0, 0.1) is 17.8 Å². The first kappa shape index (κ1) is 16.1. The maximum atomic E-state index is 6.34. The summed E-state index contributed by atoms with van der Waals surface area (Å²) < 4.78 is 6.34. The fourth-order valence-electron chi connectivity index (χ4n) is 3.26. The molecule has 1 aromatic rings. The Bertz CT molecular complexity index is 433. The summed E-state index contributed by atoms with van der Waals surface area (Å²) in [6, 6.07) is 4.01. The summed E-state index contributed by atoms with van der Waals surface area (Å²) in [5.41, 5.74) is 0. The Morgan fingerprint density at radius 1 is 1.38 bits per heavy atom. The van der Waals surface area contributed by atoms with Crippen molar-refractivity contribution >= 4 is 5.82 Å². The van der Waals surface area contributed by atoms with Gasteiger partial charge >= 0.3 is 0 Å². The number of rotatable bonds is 6. The summed E-state index contributed by atoms with van der Waals surface area (Å²) in [5, 5.41) is 3.32. The minimum absolute atomic E-state index is 0.343. The van der Waals surface area contributed by atoms with E-state index in [1.54, 1.807) is 0 Å². The van der Waals surface area contributed by atoms with E-state index in [0.29, 0.717) is 17.9 Å². The van der Waals surface area contributed by atoms with Crippen LogP contribution in [-0.4, -0.2) is 17.6 Å². The summed E-state index contributed by atoms with van der Waals surface area (Å²) in [7, 11) is 0. The maximum absolute atomic E-state index is 6.34. The average Bonchev–Trinajstić information content (AvgIpc) is 2.45. The highest BCUT2D eigenvalue weighted by Crippen LogP contribution is 2.36. The molecular formula is C18H30N2O. The van der Waals surface area contributed by atoms with Crippen LogP contribution in [0.2, 0.25) is 0 Å². The van der Waals surface area contributed by atoms with Crippen molar-refractivity contribution in [3.8, 4) is 5.75 Å². The highest BCUT2D eigenvalue weighted by molar-refractivity contribution is 5.40. The van der Waals surface area contributed by atoms with Crippen molar-refractivity contribution in [1.29, 1.82) is 0 Å². The molecule has 3 nitrogen and oxygen atoms in total. The summed E-state index contributed by atoms with van der Waals surface area (Å²) >= 11 is 0. The summed E-state index contributed by atoms with van der Waals surface area (Å²) in [5.74, 6) is 3.99. The molecule has 1 aliphatic carbocycles. The lowest BCUT2D eigenvalue weighted by atomic mass is 9.75. The van der Waals surface area contributed by atoms with E-state index in [-0.39, 0.29) is 0 Å². The Morgan fingerprint density at radius 2 is 2.19 bits per heavy atom. The van der Waals surface area contributed by atoms with E-state index in [9.17, 15) is 0 Å². The molecule has 0 aliphatic heterocycles. The predicted molar refractivity (Wildman–Crippen MR) is 88.8 cm³/mol. The van der Waals surface area contributed by atoms with Gasteiger partial charge in [0.15, 0.2) is 0 Å². The quantitative estimate of drug-likeness (QED) is 0.821. The molecule has 3 unspecified atom stereocenters. The van der Waals surface area contributed by atoms with Gasteiger partial charge in [0.1, 0.15) is 17.7 Å². The van der Waals surface area contributed by atoms with Gasteiger partial charge < -0.3 is 10.1 Å². The van der Waals surface area contributed by atoms with E-state index in [2.05, 4.69) is 38.0 Å². The van der Waals surface area contributed by atoms with Crippen LogP contribution in [0.15, 0.2) is 18.3 Å². The van der Waals surface area contributed by atoms with Crippen LogP contribution in [0.5, 0.6) is 5.75 Å². The van der Waals surface area contributed by atoms with Gasteiger partial charge in [-0.3, -0.25) is 0 Å². The zero-order valence-corrected chi connectivity index (χ0v) is 13.9. The van der Waals surface area contributed by atoms with Crippen molar-refractivity contribution in [3.63, 3.8) is 0 Å². The highest BCUT2D eigenvalue weighted by Gasteiger charge is 2.32. The largest absolute Gasteiger partial charge is 0.490 e. The van der Waals surface area contributed by atoms with Gasteiger partial charge in [0.05, 0.1) is 0 Å². The fourth-order valence-corrected chi connectivity index (χ4v) is 3.26. The topological polar surface area (TPSA) is 34.1 Å². The first-order valence-electron chi connectivity index (χ1n) is 8.46. The fraction of sp³-hybridized carbons (Fsp3) is 0.722. The Labute approximate surface area is 129 Å². The first-order valence-corrected chi connectivity index (χ1v) is 8.46. The predicted octanol–water partition coefficient (Wildman–Crippen LogP) is 4.74. The van der Waals surface area contributed by atoms with Crippen LogP contribution >= 0.6 is 0 Å². The monoisotopic (exact) mass is 290 g/mol. The molecule has 0 radical (unpaired) electrons. The third-order valence-electron chi connectivity index (χ3n) is 4.54. The molecule has 0 saturated heterocycles. The molecular weight excluding hydrogens is 260 g/mol. The van der Waals surface area contributed by atoms with Crippen molar-refractivity contribution in [2.75, 3.05) is 11.9 Å². The number of nitrogens with one attached hydrogen (secondary N) is 1. The van der Waals surface area contributed by atoms with Crippen molar-refractivity contribution in [2.24, 2.45) is 17.8 Å². The van der Waals surface area contributed by atoms with Gasteiger partial charge in [0.25, 0.3) is 0 Å². The Balaban J connectivity index is 2.04. The van der Waals surface area contributed by atoms with Crippen LogP contribution in [0.4, 0.5) is 5.82 Å². The molecule has 3 atom stereocenters. The molecule has 2 rings (SSSR count). The lowest BCUT2D eigenvalue weighted by molar-refractivity contribution is 0.0460. The number of pyridine rings is 1. The van der Waals surface area contributed by atoms with Gasteiger partial charge in [-0.2, -0.15) is 0 Å². The van der Waals surface area contributed by atoms with Crippen molar-refractivity contribution in [1.82, 2.24) is 4.98 Å². The standard InChI is InChI=1S/C18H30N2O/c1-5-9-19-18-12-15(8-10-20-18)21-17-11-14(4)6-7-16(17)13(2)3/h8,10,12-14,16-17H,5-7,9,11H2,1-4H3,(H,19,20). The molecule has 3 heteroatoms. The van der Waals surface area contributed by atoms with Crippen LogP contribution in [-0.2, 0) is 0 Å². The number of hydrogen-bond acceptors (Lipinski definition) is 3. The van der Waals surface area contributed by atoms with E-state index >= 15 is 0 Å². The number of anilines is 1. The molecule has 1 aromatic heterocycles. The Hall–Kier alpha value is -1.25. The van der Waals surface area contributed by atoms with Crippen LogP contribution in [0.1, 0.15) is 53.4 Å². The molecule has 0 aromatic carbocycles. The second-order valence-electron chi connectivity index (χ2n) is 6.79. The van der Waals surface area contributed by atoms with Gasteiger partial charge in [0.2, 0.25) is 0 Å². The summed E-state index contributed by atoms with van der Waals surface area (Å²) in [4.78, 5) is 4.35. The number of ether oxygens (including phenoxy) is 1. The van der Waals surface area contributed by atoms with Crippen LogP contribution in [0.25, 0.3) is 0 Å². The second-order valence-corrected chi connectivity index (χ2v) is 6.79. The number of nitrogens with zero attached hydrogens (tertiary/aromatic N) is 1. The van der Waals surface area contributed by atoms with Crippen molar-refractivity contribution in [2.45, 2.75) is 59.5 Å². The number of aromatic nitrogens is 1. The van der Waals surface area contributed by atoms with Gasteiger partial charge in [-0.1, -0.05) is 34.1 Å². The van der Waals surface area contributed by atoms with Gasteiger partial charge in [-0.15, -0.1) is 0 Å². The van der Waals surface area contributed by atoms with Crippen molar-refractivity contribution < 1.29 is 4.74 Å². The van der Waals surface area contributed by atoms with E-state index in [1.807, 2.05) is 18.3 Å². The zero-order valence-electron chi connectivity index (χ0n) is 13.9. The van der Waals surface area contributed by atoms with E-state index < -0.39 is 0 Å². The lowest BCUT2D eigenvalue weighted by Crippen LogP contribution is -2.36. The maximum Gasteiger partial charge on any atom is 0.129 e. The van der Waals surface area contributed by atoms with Crippen molar-refractivity contribution in [3.05, 3.63) is 18.3 Å². The molecule has 1 N–H and O–H groups in total. The number of hydrogen-bond donors (Lipinski definition) is 1. The van der Waals surface area contributed by atoms with E-state index in [1.165, 1.54) is 19.3 Å². The van der Waals surface area contributed by atoms with Crippen LogP contribution in [0.3, 0.4) is 0 Å². The molecule has 0 bridgehead atoms. The van der Waals surface area contributed by atoms with Crippen LogP contribution < -0.4 is 10.1 Å². The Kier molecular flexibility index (Phi) is 5.89. The Morgan fingerprint density at radius 3 is 2.90 bits per heavy atom. The molecule has 0 spiro atoms. The minimum atomic E-state index is 0.343. The summed E-state index contributed by atoms with van der Waals surface area (Å²) in [6.07, 6.45) is 7.07. The SMILES string of the molecule is CCCNc1cc(OC2CC(C)CCC2C(C)C)ccn1. The molecule has 118 valence electrons.